The van der Waals surface area contributed by atoms with Crippen LogP contribution in [-0.2, 0) is 14.3 Å². The van der Waals surface area contributed by atoms with Crippen molar-refractivity contribution in [3.8, 4) is 0 Å². The molecule has 7 heteroatoms. The van der Waals surface area contributed by atoms with Gasteiger partial charge in [-0.2, -0.15) is 13.2 Å². The molecule has 98 valence electrons. The molecular formula is C11H10F3NO3. The number of hydrogen-bond acceptors (Lipinski definition) is 4. The highest BCUT2D eigenvalue weighted by atomic mass is 19.4. The summed E-state index contributed by atoms with van der Waals surface area (Å²) in [6.07, 6.45) is -5.18. The molecule has 0 saturated heterocycles. The second kappa shape index (κ2) is 5.52. The van der Waals surface area contributed by atoms with Crippen molar-refractivity contribution >= 4 is 17.6 Å². The Balaban J connectivity index is 2.55. The summed E-state index contributed by atoms with van der Waals surface area (Å²) in [5.74, 6) is -3.81. The van der Waals surface area contributed by atoms with Crippen LogP contribution in [0.4, 0.5) is 18.9 Å². The zero-order valence-corrected chi connectivity index (χ0v) is 9.32. The molecule has 18 heavy (non-hydrogen) atoms. The van der Waals surface area contributed by atoms with Crippen molar-refractivity contribution in [2.75, 3.05) is 5.32 Å². The van der Waals surface area contributed by atoms with Crippen molar-refractivity contribution in [1.29, 1.82) is 0 Å². The van der Waals surface area contributed by atoms with E-state index in [0.717, 1.165) is 0 Å². The maximum absolute atomic E-state index is 11.9. The minimum absolute atomic E-state index is 0.529. The molecule has 0 radical (unpaired) electrons. The van der Waals surface area contributed by atoms with Gasteiger partial charge in [0.15, 0.2) is 0 Å². The quantitative estimate of drug-likeness (QED) is 0.669. The standard InChI is InChI=1S/C11H10F3NO3/c1-7(15-8-5-3-2-4-6-8)9(16)18-10(17)11(12,13)14/h2-7,15H,1H3/t7-/m0/s1. The second-order valence-electron chi connectivity index (χ2n) is 3.44. The van der Waals surface area contributed by atoms with Gasteiger partial charge >= 0.3 is 18.1 Å². The molecule has 0 aromatic heterocycles. The van der Waals surface area contributed by atoms with Crippen molar-refractivity contribution in [3.63, 3.8) is 0 Å². The van der Waals surface area contributed by atoms with Crippen LogP contribution in [0.15, 0.2) is 30.3 Å². The molecule has 0 aliphatic carbocycles. The third-order valence-corrected chi connectivity index (χ3v) is 1.94. The van der Waals surface area contributed by atoms with Gasteiger partial charge in [0, 0.05) is 5.69 Å². The van der Waals surface area contributed by atoms with E-state index in [9.17, 15) is 22.8 Å². The number of para-hydroxylation sites is 1. The zero-order valence-electron chi connectivity index (χ0n) is 9.32. The SMILES string of the molecule is C[C@H](Nc1ccccc1)C(=O)OC(=O)C(F)(F)F. The number of halogens is 3. The number of nitrogens with one attached hydrogen (secondary N) is 1. The van der Waals surface area contributed by atoms with Gasteiger partial charge in [-0.3, -0.25) is 0 Å². The van der Waals surface area contributed by atoms with Gasteiger partial charge in [-0.25, -0.2) is 9.59 Å². The lowest BCUT2D eigenvalue weighted by molar-refractivity contribution is -0.202. The predicted octanol–water partition coefficient (Wildman–Crippen LogP) is 2.12. The number of ether oxygens (including phenoxy) is 1. The molecule has 0 unspecified atom stereocenters. The molecule has 0 spiro atoms. The van der Waals surface area contributed by atoms with E-state index in [-0.39, 0.29) is 0 Å². The summed E-state index contributed by atoms with van der Waals surface area (Å²) in [5, 5.41) is 2.60. The first-order valence-electron chi connectivity index (χ1n) is 4.95. The molecule has 0 saturated carbocycles. The van der Waals surface area contributed by atoms with E-state index in [4.69, 9.17) is 0 Å². The Morgan fingerprint density at radius 3 is 2.28 bits per heavy atom. The van der Waals surface area contributed by atoms with E-state index in [1.54, 1.807) is 30.3 Å². The van der Waals surface area contributed by atoms with Gasteiger partial charge in [0.05, 0.1) is 0 Å². The van der Waals surface area contributed by atoms with Crippen molar-refractivity contribution < 1.29 is 27.5 Å². The highest BCUT2D eigenvalue weighted by Crippen LogP contribution is 2.17. The van der Waals surface area contributed by atoms with Crippen LogP contribution >= 0.6 is 0 Å². The molecular weight excluding hydrogens is 251 g/mol. The Labute approximate surface area is 101 Å². The third-order valence-electron chi connectivity index (χ3n) is 1.94. The average Bonchev–Trinajstić information content (AvgIpc) is 2.28. The summed E-state index contributed by atoms with van der Waals surface area (Å²) in [5.41, 5.74) is 0.529. The Morgan fingerprint density at radius 1 is 1.22 bits per heavy atom. The maximum Gasteiger partial charge on any atom is 0.491 e. The van der Waals surface area contributed by atoms with Crippen LogP contribution in [0.3, 0.4) is 0 Å². The number of hydrogen-bond donors (Lipinski definition) is 1. The number of alkyl halides is 3. The molecule has 0 aliphatic rings. The highest BCUT2D eigenvalue weighted by Gasteiger charge is 2.43. The minimum Gasteiger partial charge on any atom is -0.385 e. The van der Waals surface area contributed by atoms with Crippen LogP contribution in [0.25, 0.3) is 0 Å². The van der Waals surface area contributed by atoms with Crippen LogP contribution < -0.4 is 5.32 Å². The van der Waals surface area contributed by atoms with Gasteiger partial charge < -0.3 is 10.1 Å². The fourth-order valence-corrected chi connectivity index (χ4v) is 1.08. The second-order valence-corrected chi connectivity index (χ2v) is 3.44. The molecule has 0 amide bonds. The summed E-state index contributed by atoms with van der Waals surface area (Å²) in [4.78, 5) is 21.6. The summed E-state index contributed by atoms with van der Waals surface area (Å²) in [7, 11) is 0. The van der Waals surface area contributed by atoms with Crippen molar-refractivity contribution in [2.24, 2.45) is 0 Å². The molecule has 1 aromatic carbocycles. The molecule has 0 fully saturated rings. The summed E-state index contributed by atoms with van der Waals surface area (Å²) < 4.78 is 39.2. The number of carbonyl (C=O) groups excluding carboxylic acids is 2. The Kier molecular flexibility index (Phi) is 4.30. The monoisotopic (exact) mass is 261 g/mol. The van der Waals surface area contributed by atoms with Gasteiger partial charge in [-0.15, -0.1) is 0 Å². The summed E-state index contributed by atoms with van der Waals surface area (Å²) >= 11 is 0. The molecule has 1 aromatic rings. The molecule has 4 nitrogen and oxygen atoms in total. The topological polar surface area (TPSA) is 55.4 Å². The Bertz CT molecular complexity index is 431. The van der Waals surface area contributed by atoms with E-state index in [1.165, 1.54) is 6.92 Å². The summed E-state index contributed by atoms with van der Waals surface area (Å²) in [6.45, 7) is 1.29. The molecule has 1 N–H and O–H groups in total. The Morgan fingerprint density at radius 2 is 1.78 bits per heavy atom. The maximum atomic E-state index is 11.9. The Hall–Kier alpha value is -2.05. The number of carbonyl (C=O) groups is 2. The molecule has 1 atom stereocenters. The number of esters is 2. The zero-order chi connectivity index (χ0) is 13.8. The van der Waals surface area contributed by atoms with Gasteiger partial charge in [0.1, 0.15) is 6.04 Å². The minimum atomic E-state index is -5.18. The van der Waals surface area contributed by atoms with E-state index < -0.39 is 24.2 Å². The summed E-state index contributed by atoms with van der Waals surface area (Å²) in [6, 6.07) is 7.27. The smallest absolute Gasteiger partial charge is 0.385 e. The lowest BCUT2D eigenvalue weighted by Crippen LogP contribution is -2.35. The largest absolute Gasteiger partial charge is 0.491 e. The molecule has 0 bridgehead atoms. The predicted molar refractivity (Wildman–Crippen MR) is 56.7 cm³/mol. The van der Waals surface area contributed by atoms with Crippen molar-refractivity contribution in [3.05, 3.63) is 30.3 Å². The fourth-order valence-electron chi connectivity index (χ4n) is 1.08. The molecule has 0 aliphatic heterocycles. The van der Waals surface area contributed by atoms with Crippen LogP contribution in [0.1, 0.15) is 6.92 Å². The van der Waals surface area contributed by atoms with Crippen molar-refractivity contribution in [1.82, 2.24) is 0 Å². The van der Waals surface area contributed by atoms with E-state index in [1.807, 2.05) is 0 Å². The molecule has 1 rings (SSSR count). The molecule has 0 heterocycles. The normalized spacial score (nSPS) is 12.7. The van der Waals surface area contributed by atoms with Crippen molar-refractivity contribution in [2.45, 2.75) is 19.1 Å². The van der Waals surface area contributed by atoms with Crippen LogP contribution in [0.5, 0.6) is 0 Å². The van der Waals surface area contributed by atoms with Crippen LogP contribution in [0.2, 0.25) is 0 Å². The fraction of sp³-hybridized carbons (Fsp3) is 0.273. The first-order chi connectivity index (χ1) is 8.30. The number of benzene rings is 1. The van der Waals surface area contributed by atoms with Crippen LogP contribution in [-0.4, -0.2) is 24.2 Å². The van der Waals surface area contributed by atoms with E-state index in [0.29, 0.717) is 5.69 Å². The average molecular weight is 261 g/mol. The third kappa shape index (κ3) is 4.08. The van der Waals surface area contributed by atoms with Gasteiger partial charge in [-0.1, -0.05) is 18.2 Å². The lowest BCUT2D eigenvalue weighted by atomic mass is 10.2. The van der Waals surface area contributed by atoms with E-state index in [2.05, 4.69) is 10.1 Å². The van der Waals surface area contributed by atoms with Gasteiger partial charge in [0.2, 0.25) is 0 Å². The first-order valence-corrected chi connectivity index (χ1v) is 4.95. The van der Waals surface area contributed by atoms with E-state index >= 15 is 0 Å². The first kappa shape index (κ1) is 14.0. The van der Waals surface area contributed by atoms with Gasteiger partial charge in [0.25, 0.3) is 0 Å². The lowest BCUT2D eigenvalue weighted by Gasteiger charge is -2.13. The number of rotatable bonds is 3. The highest BCUT2D eigenvalue weighted by molar-refractivity contribution is 5.91. The van der Waals surface area contributed by atoms with Gasteiger partial charge in [-0.05, 0) is 19.1 Å². The number of anilines is 1. The van der Waals surface area contributed by atoms with Crippen LogP contribution in [0, 0.1) is 0 Å².